The number of hydrogen-bond acceptors (Lipinski definition) is 3. The van der Waals surface area contributed by atoms with Crippen LogP contribution in [-0.4, -0.2) is 21.4 Å². The first kappa shape index (κ1) is 9.20. The molecule has 4 nitrogen and oxygen atoms in total. The van der Waals surface area contributed by atoms with Crippen molar-refractivity contribution in [2.75, 3.05) is 12.4 Å². The van der Waals surface area contributed by atoms with Crippen molar-refractivity contribution >= 4 is 50.0 Å². The Morgan fingerprint density at radius 2 is 2.38 bits per heavy atom. The molecule has 0 saturated carbocycles. The first-order chi connectivity index (χ1) is 6.22. The van der Waals surface area contributed by atoms with Gasteiger partial charge < -0.3 is 5.32 Å². The van der Waals surface area contributed by atoms with Gasteiger partial charge in [0, 0.05) is 13.2 Å². The second kappa shape index (κ2) is 3.41. The SMILES string of the molecule is CNc1nc(Br)cn2c(I)cnc12. The van der Waals surface area contributed by atoms with Crippen molar-refractivity contribution in [2.45, 2.75) is 0 Å². The standard InChI is InChI=1S/C7H6BrIN4/c1-10-6-7-11-2-5(9)13(7)3-4(8)12-6/h2-3H,1H3,(H,10,12). The molecule has 0 spiro atoms. The van der Waals surface area contributed by atoms with E-state index in [1.54, 1.807) is 0 Å². The van der Waals surface area contributed by atoms with Crippen LogP contribution in [0.5, 0.6) is 0 Å². The molecule has 0 aliphatic heterocycles. The predicted molar refractivity (Wildman–Crippen MR) is 63.0 cm³/mol. The molecule has 2 aromatic rings. The Balaban J connectivity index is 2.84. The lowest BCUT2D eigenvalue weighted by molar-refractivity contribution is 1.08. The molecule has 0 radical (unpaired) electrons. The third kappa shape index (κ3) is 1.52. The second-order valence-corrected chi connectivity index (χ2v) is 4.35. The number of hydrogen-bond donors (Lipinski definition) is 1. The van der Waals surface area contributed by atoms with Crippen LogP contribution >= 0.6 is 38.5 Å². The fourth-order valence-corrected chi connectivity index (χ4v) is 1.99. The Bertz CT molecular complexity index is 453. The Hall–Kier alpha value is -0.370. The largest absolute Gasteiger partial charge is 0.370 e. The highest BCUT2D eigenvalue weighted by Crippen LogP contribution is 2.19. The fourth-order valence-electron chi connectivity index (χ4n) is 1.10. The van der Waals surface area contributed by atoms with Crippen LogP contribution in [0.3, 0.4) is 0 Å². The minimum absolute atomic E-state index is 0.775. The number of rotatable bonds is 1. The molecular formula is C7H6BrIN4. The average molecular weight is 353 g/mol. The Labute approximate surface area is 97.0 Å². The first-order valence-corrected chi connectivity index (χ1v) is 5.46. The average Bonchev–Trinajstić information content (AvgIpc) is 2.47. The zero-order chi connectivity index (χ0) is 9.42. The van der Waals surface area contributed by atoms with Gasteiger partial charge >= 0.3 is 0 Å². The van der Waals surface area contributed by atoms with E-state index in [0.29, 0.717) is 0 Å². The lowest BCUT2D eigenvalue weighted by Crippen LogP contribution is -1.98. The topological polar surface area (TPSA) is 42.2 Å². The van der Waals surface area contributed by atoms with E-state index in [1.807, 2.05) is 23.8 Å². The van der Waals surface area contributed by atoms with Crippen molar-refractivity contribution in [3.8, 4) is 0 Å². The number of nitrogens with zero attached hydrogens (tertiary/aromatic N) is 3. The van der Waals surface area contributed by atoms with Crippen LogP contribution in [-0.2, 0) is 0 Å². The summed E-state index contributed by atoms with van der Waals surface area (Å²) in [5, 5.41) is 3.00. The molecule has 0 saturated heterocycles. The van der Waals surface area contributed by atoms with E-state index in [4.69, 9.17) is 0 Å². The lowest BCUT2D eigenvalue weighted by Gasteiger charge is -2.02. The maximum atomic E-state index is 4.25. The molecular weight excluding hydrogens is 347 g/mol. The van der Waals surface area contributed by atoms with Gasteiger partial charge in [0.25, 0.3) is 0 Å². The molecule has 0 fully saturated rings. The molecule has 0 unspecified atom stereocenters. The normalized spacial score (nSPS) is 10.7. The summed E-state index contributed by atoms with van der Waals surface area (Å²) in [6, 6.07) is 0. The van der Waals surface area contributed by atoms with Gasteiger partial charge in [-0.2, -0.15) is 0 Å². The molecule has 2 heterocycles. The van der Waals surface area contributed by atoms with Crippen molar-refractivity contribution in [3.05, 3.63) is 20.7 Å². The first-order valence-electron chi connectivity index (χ1n) is 3.59. The summed E-state index contributed by atoms with van der Waals surface area (Å²) >= 11 is 5.57. The van der Waals surface area contributed by atoms with Gasteiger partial charge in [0.15, 0.2) is 11.5 Å². The van der Waals surface area contributed by atoms with E-state index in [-0.39, 0.29) is 0 Å². The van der Waals surface area contributed by atoms with Gasteiger partial charge in [0.2, 0.25) is 0 Å². The second-order valence-electron chi connectivity index (χ2n) is 2.44. The van der Waals surface area contributed by atoms with Crippen LogP contribution in [0.1, 0.15) is 0 Å². The van der Waals surface area contributed by atoms with Crippen LogP contribution in [0.4, 0.5) is 5.82 Å². The van der Waals surface area contributed by atoms with E-state index in [9.17, 15) is 0 Å². The maximum absolute atomic E-state index is 4.25. The highest BCUT2D eigenvalue weighted by atomic mass is 127. The number of halogens is 2. The van der Waals surface area contributed by atoms with Crippen molar-refractivity contribution in [2.24, 2.45) is 0 Å². The van der Waals surface area contributed by atoms with E-state index in [2.05, 4.69) is 53.8 Å². The minimum Gasteiger partial charge on any atom is -0.370 e. The number of fused-ring (bicyclic) bond motifs is 1. The molecule has 0 aliphatic carbocycles. The van der Waals surface area contributed by atoms with Crippen LogP contribution < -0.4 is 5.32 Å². The molecule has 0 aromatic carbocycles. The van der Waals surface area contributed by atoms with Gasteiger partial charge in [0.05, 0.1) is 6.20 Å². The monoisotopic (exact) mass is 352 g/mol. The van der Waals surface area contributed by atoms with E-state index in [0.717, 1.165) is 19.8 Å². The number of nitrogens with one attached hydrogen (secondary N) is 1. The summed E-state index contributed by atoms with van der Waals surface area (Å²) in [5.74, 6) is 0.775. The number of anilines is 1. The van der Waals surface area contributed by atoms with Gasteiger partial charge in [-0.05, 0) is 38.5 Å². The molecule has 0 atom stereocenters. The van der Waals surface area contributed by atoms with Crippen molar-refractivity contribution in [3.63, 3.8) is 0 Å². The minimum atomic E-state index is 0.775. The molecule has 2 rings (SSSR count). The number of aromatic nitrogens is 3. The summed E-state index contributed by atoms with van der Waals surface area (Å²) in [6.07, 6.45) is 3.70. The Morgan fingerprint density at radius 3 is 3.08 bits per heavy atom. The smallest absolute Gasteiger partial charge is 0.180 e. The van der Waals surface area contributed by atoms with Crippen molar-refractivity contribution in [1.82, 2.24) is 14.4 Å². The van der Waals surface area contributed by atoms with E-state index < -0.39 is 0 Å². The summed E-state index contributed by atoms with van der Waals surface area (Å²) in [5.41, 5.74) is 0.843. The molecule has 1 N–H and O–H groups in total. The molecule has 0 amide bonds. The zero-order valence-electron chi connectivity index (χ0n) is 6.75. The lowest BCUT2D eigenvalue weighted by atomic mass is 10.6. The van der Waals surface area contributed by atoms with Crippen molar-refractivity contribution < 1.29 is 0 Å². The Kier molecular flexibility index (Phi) is 2.41. The van der Waals surface area contributed by atoms with Crippen LogP contribution in [0.2, 0.25) is 0 Å². The van der Waals surface area contributed by atoms with Crippen LogP contribution in [0.15, 0.2) is 17.0 Å². The third-order valence-corrected chi connectivity index (χ3v) is 2.83. The van der Waals surface area contributed by atoms with Gasteiger partial charge in [-0.1, -0.05) is 0 Å². The van der Waals surface area contributed by atoms with Gasteiger partial charge in [-0.25, -0.2) is 9.97 Å². The molecule has 0 aliphatic rings. The van der Waals surface area contributed by atoms with E-state index in [1.165, 1.54) is 0 Å². The third-order valence-electron chi connectivity index (χ3n) is 1.65. The summed E-state index contributed by atoms with van der Waals surface area (Å²) < 4.78 is 3.83. The molecule has 0 bridgehead atoms. The molecule has 6 heteroatoms. The quantitative estimate of drug-likeness (QED) is 0.799. The zero-order valence-corrected chi connectivity index (χ0v) is 10.5. The molecule has 2 aromatic heterocycles. The highest BCUT2D eigenvalue weighted by Gasteiger charge is 2.06. The van der Waals surface area contributed by atoms with Crippen LogP contribution in [0.25, 0.3) is 5.65 Å². The highest BCUT2D eigenvalue weighted by molar-refractivity contribution is 14.1. The van der Waals surface area contributed by atoms with Crippen LogP contribution in [0, 0.1) is 3.70 Å². The van der Waals surface area contributed by atoms with Gasteiger partial charge in [-0.3, -0.25) is 4.40 Å². The van der Waals surface area contributed by atoms with Gasteiger partial charge in [0.1, 0.15) is 8.30 Å². The maximum Gasteiger partial charge on any atom is 0.180 e. The molecule has 13 heavy (non-hydrogen) atoms. The summed E-state index contributed by atoms with van der Waals surface area (Å²) in [7, 11) is 1.83. The summed E-state index contributed by atoms with van der Waals surface area (Å²) in [6.45, 7) is 0. The summed E-state index contributed by atoms with van der Waals surface area (Å²) in [4.78, 5) is 8.49. The number of imidazole rings is 1. The molecule has 68 valence electrons. The van der Waals surface area contributed by atoms with E-state index >= 15 is 0 Å². The predicted octanol–water partition coefficient (Wildman–Crippen LogP) is 2.14. The Morgan fingerprint density at radius 1 is 1.62 bits per heavy atom. The van der Waals surface area contributed by atoms with Crippen molar-refractivity contribution in [1.29, 1.82) is 0 Å². The van der Waals surface area contributed by atoms with Gasteiger partial charge in [-0.15, -0.1) is 0 Å². The fraction of sp³-hybridized carbons (Fsp3) is 0.143.